The molecule has 0 aliphatic heterocycles. The highest BCUT2D eigenvalue weighted by Crippen LogP contribution is 2.25. The first-order chi connectivity index (χ1) is 9.56. The van der Waals surface area contributed by atoms with Crippen LogP contribution in [-0.4, -0.2) is 36.4 Å². The normalized spacial score (nSPS) is 17.8. The van der Waals surface area contributed by atoms with Gasteiger partial charge in [0.15, 0.2) is 0 Å². The molecule has 3 nitrogen and oxygen atoms in total. The van der Waals surface area contributed by atoms with Crippen LogP contribution in [0, 0.1) is 6.92 Å². The Labute approximate surface area is 123 Å². The summed E-state index contributed by atoms with van der Waals surface area (Å²) in [6.07, 6.45) is 3.47. The zero-order chi connectivity index (χ0) is 14.6. The fourth-order valence-electron chi connectivity index (χ4n) is 2.59. The molecule has 1 aliphatic rings. The van der Waals surface area contributed by atoms with Crippen molar-refractivity contribution in [3.63, 3.8) is 0 Å². The van der Waals surface area contributed by atoms with E-state index in [1.807, 2.05) is 0 Å². The van der Waals surface area contributed by atoms with E-state index in [1.165, 1.54) is 24.1 Å². The van der Waals surface area contributed by atoms with E-state index < -0.39 is 0 Å². The average Bonchev–Trinajstić information content (AvgIpc) is 3.23. The second-order valence-electron chi connectivity index (χ2n) is 6.31. The van der Waals surface area contributed by atoms with E-state index in [-0.39, 0.29) is 12.1 Å². The van der Waals surface area contributed by atoms with E-state index in [9.17, 15) is 5.11 Å². The molecule has 1 unspecified atom stereocenters. The first-order valence-electron chi connectivity index (χ1n) is 7.76. The van der Waals surface area contributed by atoms with Gasteiger partial charge in [-0.1, -0.05) is 12.1 Å². The Hall–Kier alpha value is -1.06. The molecule has 0 saturated heterocycles. The van der Waals surface area contributed by atoms with Crippen molar-refractivity contribution in [1.82, 2.24) is 5.32 Å². The van der Waals surface area contributed by atoms with Crippen molar-refractivity contribution in [2.75, 3.05) is 24.6 Å². The highest BCUT2D eigenvalue weighted by Gasteiger charge is 2.32. The quantitative estimate of drug-likeness (QED) is 0.766. The Morgan fingerprint density at radius 3 is 2.70 bits per heavy atom. The van der Waals surface area contributed by atoms with E-state index in [1.54, 1.807) is 0 Å². The zero-order valence-electron chi connectivity index (χ0n) is 13.0. The molecule has 0 amide bonds. The summed E-state index contributed by atoms with van der Waals surface area (Å²) in [6.45, 7) is 8.62. The van der Waals surface area contributed by atoms with Crippen LogP contribution in [-0.2, 0) is 0 Å². The minimum Gasteiger partial charge on any atom is -0.394 e. The van der Waals surface area contributed by atoms with Crippen LogP contribution in [0.2, 0.25) is 0 Å². The fourth-order valence-corrected chi connectivity index (χ4v) is 2.59. The molecule has 0 bridgehead atoms. The van der Waals surface area contributed by atoms with Crippen molar-refractivity contribution in [3.8, 4) is 0 Å². The summed E-state index contributed by atoms with van der Waals surface area (Å²) in [5.41, 5.74) is 2.42. The topological polar surface area (TPSA) is 35.5 Å². The van der Waals surface area contributed by atoms with Gasteiger partial charge in [-0.15, -0.1) is 0 Å². The lowest BCUT2D eigenvalue weighted by Gasteiger charge is -2.33. The van der Waals surface area contributed by atoms with Crippen LogP contribution in [0.25, 0.3) is 0 Å². The summed E-state index contributed by atoms with van der Waals surface area (Å²) in [5, 5.41) is 13.3. The smallest absolute Gasteiger partial charge is 0.0611 e. The van der Waals surface area contributed by atoms with Gasteiger partial charge in [0.1, 0.15) is 0 Å². The summed E-state index contributed by atoms with van der Waals surface area (Å²) < 4.78 is 0. The number of aryl methyl sites for hydroxylation is 1. The second kappa shape index (κ2) is 6.59. The van der Waals surface area contributed by atoms with Crippen molar-refractivity contribution in [2.24, 2.45) is 0 Å². The number of aliphatic hydroxyl groups excluding tert-OH is 1. The zero-order valence-corrected chi connectivity index (χ0v) is 13.0. The Morgan fingerprint density at radius 1 is 1.40 bits per heavy atom. The Bertz CT molecular complexity index is 431. The third-order valence-electron chi connectivity index (χ3n) is 4.16. The molecule has 2 N–H and O–H groups in total. The van der Waals surface area contributed by atoms with Gasteiger partial charge in [-0.3, -0.25) is 0 Å². The van der Waals surface area contributed by atoms with Gasteiger partial charge in [0.25, 0.3) is 0 Å². The fraction of sp³-hybridized carbons (Fsp3) is 0.647. The molecular formula is C17H28N2O. The highest BCUT2D eigenvalue weighted by atomic mass is 16.3. The second-order valence-corrected chi connectivity index (χ2v) is 6.31. The molecule has 1 fully saturated rings. The van der Waals surface area contributed by atoms with Crippen LogP contribution in [0.5, 0.6) is 0 Å². The molecule has 1 aromatic carbocycles. The molecule has 2 rings (SSSR count). The van der Waals surface area contributed by atoms with Crippen molar-refractivity contribution < 1.29 is 5.11 Å². The molecule has 112 valence electrons. The van der Waals surface area contributed by atoms with Gasteiger partial charge in [0, 0.05) is 30.4 Å². The lowest BCUT2D eigenvalue weighted by Crippen LogP contribution is -2.49. The highest BCUT2D eigenvalue weighted by molar-refractivity contribution is 5.48. The third kappa shape index (κ3) is 4.22. The largest absolute Gasteiger partial charge is 0.394 e. The third-order valence-corrected chi connectivity index (χ3v) is 4.16. The van der Waals surface area contributed by atoms with Crippen LogP contribution in [0.1, 0.15) is 38.7 Å². The molecular weight excluding hydrogens is 248 g/mol. The van der Waals surface area contributed by atoms with Gasteiger partial charge < -0.3 is 15.3 Å². The maximum absolute atomic E-state index is 9.68. The van der Waals surface area contributed by atoms with Crippen molar-refractivity contribution in [3.05, 3.63) is 29.8 Å². The number of hydrogen-bond donors (Lipinski definition) is 2. The molecule has 0 spiro atoms. The summed E-state index contributed by atoms with van der Waals surface area (Å²) in [5.74, 6) is 0. The summed E-state index contributed by atoms with van der Waals surface area (Å²) in [4.78, 5) is 2.38. The molecule has 20 heavy (non-hydrogen) atoms. The maximum Gasteiger partial charge on any atom is 0.0611 e. The minimum absolute atomic E-state index is 0.154. The molecule has 0 aromatic heterocycles. The molecule has 1 atom stereocenters. The van der Waals surface area contributed by atoms with E-state index in [4.69, 9.17) is 0 Å². The summed E-state index contributed by atoms with van der Waals surface area (Å²) >= 11 is 0. The molecule has 0 radical (unpaired) electrons. The Kier molecular flexibility index (Phi) is 5.06. The molecule has 0 heterocycles. The van der Waals surface area contributed by atoms with Gasteiger partial charge in [-0.05, 0) is 57.7 Å². The molecule has 1 saturated carbocycles. The summed E-state index contributed by atoms with van der Waals surface area (Å²) in [6, 6.07) is 9.27. The van der Waals surface area contributed by atoms with Gasteiger partial charge in [0.05, 0.1) is 6.61 Å². The van der Waals surface area contributed by atoms with E-state index in [2.05, 4.69) is 55.3 Å². The summed E-state index contributed by atoms with van der Waals surface area (Å²) in [7, 11) is 0. The van der Waals surface area contributed by atoms with E-state index in [0.29, 0.717) is 6.04 Å². The predicted molar refractivity (Wildman–Crippen MR) is 85.3 cm³/mol. The predicted octanol–water partition coefficient (Wildman–Crippen LogP) is 2.71. The molecule has 1 aromatic rings. The number of anilines is 1. The average molecular weight is 276 g/mol. The number of nitrogens with one attached hydrogen (secondary N) is 1. The van der Waals surface area contributed by atoms with Gasteiger partial charge in [-0.2, -0.15) is 0 Å². The number of rotatable bonds is 8. The number of aliphatic hydroxyl groups is 1. The van der Waals surface area contributed by atoms with Crippen LogP contribution in [0.3, 0.4) is 0 Å². The SMILES string of the molecule is CCN(CCC(C)(CO)NC1CC1)c1cccc(C)c1. The lowest BCUT2D eigenvalue weighted by atomic mass is 9.98. The Balaban J connectivity index is 1.95. The van der Waals surface area contributed by atoms with Crippen LogP contribution in [0.15, 0.2) is 24.3 Å². The van der Waals surface area contributed by atoms with Crippen molar-refractivity contribution in [1.29, 1.82) is 0 Å². The van der Waals surface area contributed by atoms with Crippen LogP contribution in [0.4, 0.5) is 5.69 Å². The van der Waals surface area contributed by atoms with Gasteiger partial charge >= 0.3 is 0 Å². The Morgan fingerprint density at radius 2 is 2.15 bits per heavy atom. The van der Waals surface area contributed by atoms with E-state index >= 15 is 0 Å². The monoisotopic (exact) mass is 276 g/mol. The molecule has 1 aliphatic carbocycles. The first-order valence-corrected chi connectivity index (χ1v) is 7.76. The minimum atomic E-state index is -0.154. The number of hydrogen-bond acceptors (Lipinski definition) is 3. The van der Waals surface area contributed by atoms with Crippen molar-refractivity contribution >= 4 is 5.69 Å². The van der Waals surface area contributed by atoms with E-state index in [0.717, 1.165) is 19.5 Å². The lowest BCUT2D eigenvalue weighted by molar-refractivity contribution is 0.165. The van der Waals surface area contributed by atoms with Crippen molar-refractivity contribution in [2.45, 2.75) is 51.6 Å². The standard InChI is InChI=1S/C17H28N2O/c1-4-19(16-7-5-6-14(2)12-16)11-10-17(3,13-20)18-15-8-9-15/h5-7,12,15,18,20H,4,8-11,13H2,1-3H3. The number of nitrogens with zero attached hydrogens (tertiary/aromatic N) is 1. The molecule has 3 heteroatoms. The van der Waals surface area contributed by atoms with Gasteiger partial charge in [-0.25, -0.2) is 0 Å². The maximum atomic E-state index is 9.68. The number of benzene rings is 1. The van der Waals surface area contributed by atoms with Crippen LogP contribution >= 0.6 is 0 Å². The first kappa shape index (κ1) is 15.3. The van der Waals surface area contributed by atoms with Crippen LogP contribution < -0.4 is 10.2 Å². The van der Waals surface area contributed by atoms with Gasteiger partial charge in [0.2, 0.25) is 0 Å².